The number of nitrogens with zero attached hydrogens (tertiary/aromatic N) is 1. The summed E-state index contributed by atoms with van der Waals surface area (Å²) in [4.78, 5) is 4.46. The number of hydrogen-bond donors (Lipinski definition) is 0. The van der Waals surface area contributed by atoms with Crippen LogP contribution in [0.5, 0.6) is 0 Å². The predicted octanol–water partition coefficient (Wildman–Crippen LogP) is 5.11. The van der Waals surface area contributed by atoms with Crippen LogP contribution >= 0.6 is 0 Å². The molecule has 1 aromatic heterocycles. The fourth-order valence-corrected chi connectivity index (χ4v) is 3.01. The Morgan fingerprint density at radius 2 is 2.09 bits per heavy atom. The Kier molecular flexibility index (Phi) is 4.84. The molecule has 1 aliphatic carbocycles. The van der Waals surface area contributed by atoms with Gasteiger partial charge in [0, 0.05) is 26.3 Å². The van der Waals surface area contributed by atoms with Crippen LogP contribution in [0.2, 0.25) is 0 Å². The number of pyridine rings is 1. The zero-order chi connectivity index (χ0) is 15.0. The molecule has 2 heteroatoms. The second kappa shape index (κ2) is 6.32. The molecule has 0 aliphatic heterocycles. The summed E-state index contributed by atoms with van der Waals surface area (Å²) in [6, 6.07) is 11.9. The van der Waals surface area contributed by atoms with Gasteiger partial charge < -0.3 is 4.98 Å². The first-order chi connectivity index (χ1) is 10.0. The Morgan fingerprint density at radius 1 is 1.32 bits per heavy atom. The molecule has 0 spiro atoms. The molecule has 0 unspecified atom stereocenters. The third-order valence-corrected chi connectivity index (χ3v) is 4.34. The molecule has 3 rings (SSSR count). The van der Waals surface area contributed by atoms with Gasteiger partial charge in [-0.15, -0.1) is 41.5 Å². The van der Waals surface area contributed by atoms with Crippen molar-refractivity contribution >= 4 is 6.08 Å². The van der Waals surface area contributed by atoms with Gasteiger partial charge in [0.15, 0.2) is 0 Å². The smallest absolute Gasteiger partial charge is 0.0163 e. The van der Waals surface area contributed by atoms with Crippen LogP contribution in [0.3, 0.4) is 0 Å². The molecule has 115 valence electrons. The summed E-state index contributed by atoms with van der Waals surface area (Å²) >= 11 is 0. The van der Waals surface area contributed by atoms with E-state index < -0.39 is 0 Å². The maximum absolute atomic E-state index is 4.46. The maximum Gasteiger partial charge on any atom is 0.0163 e. The second-order valence-electron chi connectivity index (χ2n) is 6.22. The van der Waals surface area contributed by atoms with E-state index in [1.165, 1.54) is 22.3 Å². The Bertz CT molecular complexity index is 741. The minimum absolute atomic E-state index is 0. The summed E-state index contributed by atoms with van der Waals surface area (Å²) in [5.41, 5.74) is 7.38. The topological polar surface area (TPSA) is 12.9 Å². The Labute approximate surface area is 146 Å². The van der Waals surface area contributed by atoms with Crippen molar-refractivity contribution in [2.24, 2.45) is 0 Å². The Balaban J connectivity index is 0.00000176. The zero-order valence-corrected chi connectivity index (χ0v) is 15.6. The third kappa shape index (κ3) is 2.86. The average molecular weight is 467 g/mol. The Hall–Kier alpha value is -1.50. The van der Waals surface area contributed by atoms with Gasteiger partial charge in [-0.25, -0.2) is 0 Å². The van der Waals surface area contributed by atoms with Crippen LogP contribution in [0.4, 0.5) is 0 Å². The minimum atomic E-state index is 0. The van der Waals surface area contributed by atoms with Gasteiger partial charge in [0.05, 0.1) is 0 Å². The van der Waals surface area contributed by atoms with Gasteiger partial charge in [-0.1, -0.05) is 43.2 Å². The van der Waals surface area contributed by atoms with Crippen LogP contribution in [-0.4, -0.2) is 4.98 Å². The number of fused-ring (bicyclic) bond motifs is 1. The molecule has 0 fully saturated rings. The molecule has 1 nitrogen and oxygen atoms in total. The molecule has 1 heterocycles. The van der Waals surface area contributed by atoms with E-state index in [2.05, 4.69) is 62.7 Å². The van der Waals surface area contributed by atoms with Gasteiger partial charge in [-0.05, 0) is 30.5 Å². The fourth-order valence-electron chi connectivity index (χ4n) is 3.01. The molecule has 1 radical (unpaired) electrons. The van der Waals surface area contributed by atoms with Gasteiger partial charge in [0.25, 0.3) is 0 Å². The molecule has 22 heavy (non-hydrogen) atoms. The van der Waals surface area contributed by atoms with Gasteiger partial charge in [0.2, 0.25) is 0 Å². The van der Waals surface area contributed by atoms with E-state index in [4.69, 9.17) is 0 Å². The summed E-state index contributed by atoms with van der Waals surface area (Å²) in [5.74, 6) is 0. The van der Waals surface area contributed by atoms with E-state index in [0.717, 1.165) is 17.7 Å². The van der Waals surface area contributed by atoms with Crippen molar-refractivity contribution in [1.29, 1.82) is 0 Å². The summed E-state index contributed by atoms with van der Waals surface area (Å²) in [6.45, 7) is 10.5. The van der Waals surface area contributed by atoms with Gasteiger partial charge >= 0.3 is 0 Å². The van der Waals surface area contributed by atoms with Crippen LogP contribution in [-0.2, 0) is 25.5 Å². The van der Waals surface area contributed by atoms with E-state index in [0.29, 0.717) is 0 Å². The van der Waals surface area contributed by atoms with Crippen molar-refractivity contribution in [2.75, 3.05) is 0 Å². The van der Waals surface area contributed by atoms with Crippen molar-refractivity contribution in [3.63, 3.8) is 0 Å². The predicted molar refractivity (Wildman–Crippen MR) is 89.1 cm³/mol. The molecule has 0 N–H and O–H groups in total. The van der Waals surface area contributed by atoms with Crippen LogP contribution in [0, 0.1) is 13.0 Å². The van der Waals surface area contributed by atoms with Crippen molar-refractivity contribution in [2.45, 2.75) is 32.6 Å². The quantitative estimate of drug-likeness (QED) is 0.453. The second-order valence-corrected chi connectivity index (χ2v) is 6.22. The Morgan fingerprint density at radius 3 is 2.77 bits per heavy atom. The number of aromatic nitrogens is 1. The summed E-state index contributed by atoms with van der Waals surface area (Å²) in [6.07, 6.45) is 7.06. The third-order valence-electron chi connectivity index (χ3n) is 4.34. The van der Waals surface area contributed by atoms with Gasteiger partial charge in [-0.3, -0.25) is 0 Å². The first kappa shape index (κ1) is 16.9. The van der Waals surface area contributed by atoms with E-state index in [-0.39, 0.29) is 25.5 Å². The van der Waals surface area contributed by atoms with Crippen LogP contribution in [0.15, 0.2) is 48.7 Å². The zero-order valence-electron chi connectivity index (χ0n) is 13.2. The molecule has 0 saturated heterocycles. The summed E-state index contributed by atoms with van der Waals surface area (Å²) in [5, 5.41) is 0. The minimum Gasteiger partial charge on any atom is -0.305 e. The molecule has 1 aromatic carbocycles. The first-order valence-electron chi connectivity index (χ1n) is 7.33. The van der Waals surface area contributed by atoms with Crippen LogP contribution < -0.4 is 0 Å². The standard InChI is InChI=1S/C20H20N.Ir/c1-5-6-17-13-16-12-15(7-8-18(16)20(17,3)4)19-11-14(2)9-10-21-19;/h5,8-13H,1,6H2,2-4H3;/q-1;. The molecule has 0 bridgehead atoms. The van der Waals surface area contributed by atoms with Gasteiger partial charge in [0.1, 0.15) is 0 Å². The number of rotatable bonds is 3. The maximum atomic E-state index is 4.46. The number of hydrogen-bond acceptors (Lipinski definition) is 1. The van der Waals surface area contributed by atoms with Crippen molar-refractivity contribution < 1.29 is 20.1 Å². The largest absolute Gasteiger partial charge is 0.305 e. The normalized spacial score (nSPS) is 14.8. The molecule has 2 aromatic rings. The van der Waals surface area contributed by atoms with E-state index >= 15 is 0 Å². The molecule has 1 aliphatic rings. The average Bonchev–Trinajstić information content (AvgIpc) is 2.70. The van der Waals surface area contributed by atoms with Gasteiger partial charge in [-0.2, -0.15) is 0 Å². The van der Waals surface area contributed by atoms with E-state index in [1.807, 2.05) is 18.3 Å². The number of allylic oxidation sites excluding steroid dienone is 2. The first-order valence-corrected chi connectivity index (χ1v) is 7.33. The summed E-state index contributed by atoms with van der Waals surface area (Å²) in [7, 11) is 0. The molecule has 0 amide bonds. The van der Waals surface area contributed by atoms with Crippen LogP contribution in [0.25, 0.3) is 17.3 Å². The van der Waals surface area contributed by atoms with E-state index in [1.54, 1.807) is 0 Å². The number of aryl methyl sites for hydroxylation is 1. The van der Waals surface area contributed by atoms with Crippen molar-refractivity contribution in [3.8, 4) is 11.3 Å². The monoisotopic (exact) mass is 467 g/mol. The SMILES string of the molecule is C=CCC1=Cc2cc(-c3cc(C)ccn3)[c-]cc2C1(C)C.[Ir]. The van der Waals surface area contributed by atoms with Crippen LogP contribution in [0.1, 0.15) is 37.0 Å². The van der Waals surface area contributed by atoms with E-state index in [9.17, 15) is 0 Å². The molecular weight excluding hydrogens is 446 g/mol. The fraction of sp³-hybridized carbons (Fsp3) is 0.250. The molecule has 0 saturated carbocycles. The summed E-state index contributed by atoms with van der Waals surface area (Å²) < 4.78 is 0. The number of benzene rings is 1. The molecular formula is C20H20IrN-. The van der Waals surface area contributed by atoms with Crippen molar-refractivity contribution in [3.05, 3.63) is 71.4 Å². The molecule has 0 atom stereocenters. The van der Waals surface area contributed by atoms with Crippen molar-refractivity contribution in [1.82, 2.24) is 4.98 Å².